The van der Waals surface area contributed by atoms with Crippen LogP contribution in [0.25, 0.3) is 5.69 Å². The molecule has 3 aromatic rings. The molecule has 0 saturated carbocycles. The summed E-state index contributed by atoms with van der Waals surface area (Å²) < 4.78 is 7.44. The summed E-state index contributed by atoms with van der Waals surface area (Å²) in [7, 11) is 1.72. The summed E-state index contributed by atoms with van der Waals surface area (Å²) in [5.41, 5.74) is 5.16. The predicted octanol–water partition coefficient (Wildman–Crippen LogP) is 3.46. The van der Waals surface area contributed by atoms with Crippen LogP contribution in [-0.4, -0.2) is 44.8 Å². The molecule has 2 aliphatic rings. The average Bonchev–Trinajstić information content (AvgIpc) is 3.38. The van der Waals surface area contributed by atoms with E-state index in [1.54, 1.807) is 7.11 Å². The van der Waals surface area contributed by atoms with Gasteiger partial charge < -0.3 is 4.74 Å². The van der Waals surface area contributed by atoms with Gasteiger partial charge in [-0.15, -0.1) is 0 Å². The molecule has 1 saturated heterocycles. The second-order valence-corrected chi connectivity index (χ2v) is 8.33. The van der Waals surface area contributed by atoms with E-state index in [9.17, 15) is 0 Å². The summed E-state index contributed by atoms with van der Waals surface area (Å²) in [6, 6.07) is 8.21. The molecule has 1 atom stereocenters. The molecule has 0 N–H and O–H groups in total. The third-order valence-electron chi connectivity index (χ3n) is 6.45. The van der Waals surface area contributed by atoms with Gasteiger partial charge in [-0.25, -0.2) is 14.6 Å². The summed E-state index contributed by atoms with van der Waals surface area (Å²) in [4.78, 5) is 11.9. The zero-order valence-corrected chi connectivity index (χ0v) is 17.1. The fourth-order valence-corrected chi connectivity index (χ4v) is 5.08. The maximum atomic E-state index is 5.50. The number of hydrogen-bond donors (Lipinski definition) is 0. The quantitative estimate of drug-likeness (QED) is 0.684. The van der Waals surface area contributed by atoms with Crippen LogP contribution in [0.15, 0.2) is 42.9 Å². The average molecular weight is 390 g/mol. The Kier molecular flexibility index (Phi) is 4.59. The van der Waals surface area contributed by atoms with Crippen molar-refractivity contribution in [2.45, 2.75) is 44.6 Å². The molecule has 6 heteroatoms. The minimum atomic E-state index is 0.173. The molecule has 6 nitrogen and oxygen atoms in total. The summed E-state index contributed by atoms with van der Waals surface area (Å²) >= 11 is 0. The second-order valence-electron chi connectivity index (χ2n) is 8.33. The molecule has 0 radical (unpaired) electrons. The third kappa shape index (κ3) is 3.31. The van der Waals surface area contributed by atoms with Crippen LogP contribution in [0.4, 0.5) is 0 Å². The van der Waals surface area contributed by atoms with Crippen molar-refractivity contribution < 1.29 is 4.74 Å². The fraction of sp³-hybridized carbons (Fsp3) is 0.435. The monoisotopic (exact) mass is 389 g/mol. The Hall–Kier alpha value is -2.73. The molecule has 1 aliphatic heterocycles. The molecule has 5 rings (SSSR count). The highest BCUT2D eigenvalue weighted by Crippen LogP contribution is 2.44. The van der Waals surface area contributed by atoms with E-state index in [0.717, 1.165) is 43.3 Å². The van der Waals surface area contributed by atoms with Gasteiger partial charge in [-0.3, -0.25) is 4.90 Å². The molecule has 3 heterocycles. The summed E-state index contributed by atoms with van der Waals surface area (Å²) in [6.07, 6.45) is 10.6. The van der Waals surface area contributed by atoms with Crippen LogP contribution >= 0.6 is 0 Å². The highest BCUT2D eigenvalue weighted by molar-refractivity contribution is 5.45. The van der Waals surface area contributed by atoms with E-state index in [1.165, 1.54) is 36.1 Å². The third-order valence-corrected chi connectivity index (χ3v) is 6.45. The SMILES string of the molecule is COc1ccc(-n2cccn2)c(CN2CCCC3(CCc4cnc(C)nc43)C2)c1. The van der Waals surface area contributed by atoms with Crippen LogP contribution in [-0.2, 0) is 18.4 Å². The lowest BCUT2D eigenvalue weighted by Gasteiger charge is -2.40. The summed E-state index contributed by atoms with van der Waals surface area (Å²) in [6.45, 7) is 5.04. The maximum absolute atomic E-state index is 5.50. The smallest absolute Gasteiger partial charge is 0.125 e. The maximum Gasteiger partial charge on any atom is 0.125 e. The fourth-order valence-electron chi connectivity index (χ4n) is 5.08. The number of hydrogen-bond acceptors (Lipinski definition) is 5. The number of rotatable bonds is 4. The van der Waals surface area contributed by atoms with Crippen LogP contribution in [0.5, 0.6) is 5.75 Å². The molecule has 1 aromatic carbocycles. The highest BCUT2D eigenvalue weighted by atomic mass is 16.5. The van der Waals surface area contributed by atoms with E-state index >= 15 is 0 Å². The van der Waals surface area contributed by atoms with Gasteiger partial charge in [-0.05, 0) is 74.5 Å². The Balaban J connectivity index is 1.45. The molecule has 0 amide bonds. The topological polar surface area (TPSA) is 56.1 Å². The lowest BCUT2D eigenvalue weighted by atomic mass is 9.77. The number of ether oxygens (including phenoxy) is 1. The van der Waals surface area contributed by atoms with Crippen LogP contribution in [0.1, 0.15) is 41.9 Å². The van der Waals surface area contributed by atoms with Crippen molar-refractivity contribution >= 4 is 0 Å². The van der Waals surface area contributed by atoms with Gasteiger partial charge in [0.25, 0.3) is 0 Å². The van der Waals surface area contributed by atoms with Crippen molar-refractivity contribution in [1.82, 2.24) is 24.6 Å². The van der Waals surface area contributed by atoms with Crippen molar-refractivity contribution in [3.8, 4) is 11.4 Å². The van der Waals surface area contributed by atoms with Crippen molar-refractivity contribution in [3.05, 3.63) is 65.5 Å². The number of nitrogens with zero attached hydrogens (tertiary/aromatic N) is 5. The first kappa shape index (κ1) is 18.3. The van der Waals surface area contributed by atoms with Gasteiger partial charge in [-0.1, -0.05) is 0 Å². The van der Waals surface area contributed by atoms with Crippen molar-refractivity contribution in [1.29, 1.82) is 0 Å². The van der Waals surface area contributed by atoms with E-state index in [4.69, 9.17) is 9.72 Å². The number of likely N-dealkylation sites (tertiary alicyclic amines) is 1. The van der Waals surface area contributed by atoms with Crippen LogP contribution < -0.4 is 4.74 Å². The lowest BCUT2D eigenvalue weighted by molar-refractivity contribution is 0.136. The van der Waals surface area contributed by atoms with Gasteiger partial charge in [0.2, 0.25) is 0 Å². The molecule has 1 spiro atoms. The molecule has 2 aromatic heterocycles. The first-order valence-electron chi connectivity index (χ1n) is 10.4. The zero-order valence-electron chi connectivity index (χ0n) is 17.1. The Labute approximate surface area is 171 Å². The Morgan fingerprint density at radius 1 is 1.24 bits per heavy atom. The van der Waals surface area contributed by atoms with Gasteiger partial charge in [0.1, 0.15) is 11.6 Å². The molecule has 150 valence electrons. The van der Waals surface area contributed by atoms with E-state index in [0.29, 0.717) is 0 Å². The summed E-state index contributed by atoms with van der Waals surface area (Å²) in [5, 5.41) is 4.45. The number of fused-ring (bicyclic) bond motifs is 2. The number of aromatic nitrogens is 4. The van der Waals surface area contributed by atoms with Gasteiger partial charge in [0, 0.05) is 37.1 Å². The summed E-state index contributed by atoms with van der Waals surface area (Å²) in [5.74, 6) is 1.77. The first-order chi connectivity index (χ1) is 14.2. The van der Waals surface area contributed by atoms with E-state index in [1.807, 2.05) is 42.3 Å². The standard InChI is InChI=1S/C23H27N5O/c1-17-24-14-18-7-9-23(22(18)26-17)8-3-11-27(16-23)15-19-13-20(29-2)5-6-21(19)28-12-4-10-25-28/h4-6,10,12-14H,3,7-9,11,15-16H2,1-2H3. The van der Waals surface area contributed by atoms with E-state index in [-0.39, 0.29) is 5.41 Å². The van der Waals surface area contributed by atoms with Crippen molar-refractivity contribution in [2.75, 3.05) is 20.2 Å². The zero-order chi connectivity index (χ0) is 19.8. The molecule has 0 bridgehead atoms. The van der Waals surface area contributed by atoms with Gasteiger partial charge in [0.05, 0.1) is 18.5 Å². The minimum absolute atomic E-state index is 0.173. The van der Waals surface area contributed by atoms with Gasteiger partial charge in [-0.2, -0.15) is 5.10 Å². The Bertz CT molecular complexity index is 1010. The first-order valence-corrected chi connectivity index (χ1v) is 10.4. The highest BCUT2D eigenvalue weighted by Gasteiger charge is 2.43. The molecular formula is C23H27N5O. The normalized spacial score (nSPS) is 21.4. The second kappa shape index (κ2) is 7.26. The number of aryl methyl sites for hydroxylation is 2. The lowest BCUT2D eigenvalue weighted by Crippen LogP contribution is -2.45. The number of piperidine rings is 1. The molecule has 1 unspecified atom stereocenters. The molecule has 1 fully saturated rings. The van der Waals surface area contributed by atoms with Crippen molar-refractivity contribution in [2.24, 2.45) is 0 Å². The number of methoxy groups -OCH3 is 1. The van der Waals surface area contributed by atoms with Gasteiger partial charge >= 0.3 is 0 Å². The van der Waals surface area contributed by atoms with Gasteiger partial charge in [0.15, 0.2) is 0 Å². The van der Waals surface area contributed by atoms with E-state index < -0.39 is 0 Å². The van der Waals surface area contributed by atoms with Crippen LogP contribution in [0.3, 0.4) is 0 Å². The molecular weight excluding hydrogens is 362 g/mol. The van der Waals surface area contributed by atoms with Crippen LogP contribution in [0, 0.1) is 6.92 Å². The Morgan fingerprint density at radius 3 is 3.00 bits per heavy atom. The van der Waals surface area contributed by atoms with Crippen molar-refractivity contribution in [3.63, 3.8) is 0 Å². The van der Waals surface area contributed by atoms with E-state index in [2.05, 4.69) is 27.1 Å². The molecule has 29 heavy (non-hydrogen) atoms. The number of benzene rings is 1. The predicted molar refractivity (Wildman–Crippen MR) is 111 cm³/mol. The van der Waals surface area contributed by atoms with Crippen LogP contribution in [0.2, 0.25) is 0 Å². The Morgan fingerprint density at radius 2 is 2.17 bits per heavy atom. The minimum Gasteiger partial charge on any atom is -0.497 e. The molecule has 1 aliphatic carbocycles. The largest absolute Gasteiger partial charge is 0.497 e.